The largest absolute Gasteiger partial charge is 0.444 e. The van der Waals surface area contributed by atoms with Gasteiger partial charge in [0.1, 0.15) is 11.6 Å². The lowest BCUT2D eigenvalue weighted by molar-refractivity contribution is -0.127. The van der Waals surface area contributed by atoms with Gasteiger partial charge >= 0.3 is 6.09 Å². The molecule has 0 radical (unpaired) electrons. The number of benzene rings is 1. The van der Waals surface area contributed by atoms with Crippen molar-refractivity contribution in [2.24, 2.45) is 0 Å². The van der Waals surface area contributed by atoms with E-state index >= 15 is 0 Å². The zero-order valence-corrected chi connectivity index (χ0v) is 15.1. The van der Waals surface area contributed by atoms with Gasteiger partial charge in [-0.3, -0.25) is 4.79 Å². The zero-order valence-electron chi connectivity index (χ0n) is 15.1. The van der Waals surface area contributed by atoms with Crippen molar-refractivity contribution in [2.45, 2.75) is 59.0 Å². The van der Waals surface area contributed by atoms with E-state index in [0.717, 1.165) is 5.56 Å². The van der Waals surface area contributed by atoms with E-state index < -0.39 is 23.8 Å². The first-order valence-electron chi connectivity index (χ1n) is 8.15. The van der Waals surface area contributed by atoms with E-state index in [2.05, 4.69) is 10.6 Å². The van der Waals surface area contributed by atoms with Crippen molar-refractivity contribution in [3.05, 3.63) is 35.9 Å². The summed E-state index contributed by atoms with van der Waals surface area (Å²) in [6.45, 7) is 9.69. The Labute approximate surface area is 143 Å². The highest BCUT2D eigenvalue weighted by molar-refractivity contribution is 5.86. The highest BCUT2D eigenvalue weighted by Crippen LogP contribution is 2.10. The number of carbonyl (C=O) groups is 2. The van der Waals surface area contributed by atoms with Crippen molar-refractivity contribution in [1.29, 1.82) is 0 Å². The summed E-state index contributed by atoms with van der Waals surface area (Å²) < 4.78 is 11.0. The molecule has 0 saturated carbocycles. The fourth-order valence-corrected chi connectivity index (χ4v) is 2.01. The van der Waals surface area contributed by atoms with Gasteiger partial charge < -0.3 is 20.1 Å². The van der Waals surface area contributed by atoms with Gasteiger partial charge in [0.2, 0.25) is 5.91 Å². The second kappa shape index (κ2) is 9.27. The molecule has 0 bridgehead atoms. The van der Waals surface area contributed by atoms with E-state index in [9.17, 15) is 9.59 Å². The standard InChI is InChI=1S/C18H28N2O4/c1-6-19-16(21)15(20-17(22)24-18(3,4)5)13(2)23-12-14-10-8-7-9-11-14/h7-11,13,15H,6,12H2,1-5H3,(H,19,21)(H,20,22)/t13-,15+/m1/s1. The number of carbonyl (C=O) groups excluding carboxylic acids is 2. The molecular formula is C18H28N2O4. The normalized spacial score (nSPS) is 13.7. The van der Waals surface area contributed by atoms with E-state index in [-0.39, 0.29) is 5.91 Å². The maximum atomic E-state index is 12.2. The monoisotopic (exact) mass is 336 g/mol. The van der Waals surface area contributed by atoms with Gasteiger partial charge in [0, 0.05) is 6.54 Å². The molecule has 6 heteroatoms. The molecule has 0 aliphatic carbocycles. The molecule has 1 aromatic carbocycles. The Balaban J connectivity index is 2.69. The van der Waals surface area contributed by atoms with Crippen LogP contribution in [0.3, 0.4) is 0 Å². The summed E-state index contributed by atoms with van der Waals surface area (Å²) in [6, 6.07) is 8.81. The predicted octanol–water partition coefficient (Wildman–Crippen LogP) is 2.62. The van der Waals surface area contributed by atoms with E-state index in [1.807, 2.05) is 37.3 Å². The number of rotatable bonds is 7. The van der Waals surface area contributed by atoms with E-state index in [1.165, 1.54) is 0 Å². The van der Waals surface area contributed by atoms with Crippen molar-refractivity contribution in [3.63, 3.8) is 0 Å². The molecule has 0 spiro atoms. The number of ether oxygens (including phenoxy) is 2. The van der Waals surface area contributed by atoms with Gasteiger partial charge in [-0.2, -0.15) is 0 Å². The number of hydrogen-bond acceptors (Lipinski definition) is 4. The van der Waals surface area contributed by atoms with Crippen molar-refractivity contribution in [1.82, 2.24) is 10.6 Å². The Morgan fingerprint density at radius 2 is 1.79 bits per heavy atom. The first-order valence-corrected chi connectivity index (χ1v) is 8.15. The van der Waals surface area contributed by atoms with Crippen molar-refractivity contribution in [3.8, 4) is 0 Å². The van der Waals surface area contributed by atoms with Crippen LogP contribution in [0.25, 0.3) is 0 Å². The Morgan fingerprint density at radius 3 is 2.33 bits per heavy atom. The molecule has 1 aromatic rings. The van der Waals surface area contributed by atoms with Crippen LogP contribution in [0.15, 0.2) is 30.3 Å². The fraction of sp³-hybridized carbons (Fsp3) is 0.556. The topological polar surface area (TPSA) is 76.7 Å². The summed E-state index contributed by atoms with van der Waals surface area (Å²) in [5.74, 6) is -0.302. The third-order valence-corrected chi connectivity index (χ3v) is 3.13. The predicted molar refractivity (Wildman–Crippen MR) is 92.5 cm³/mol. The van der Waals surface area contributed by atoms with Crippen LogP contribution >= 0.6 is 0 Å². The molecule has 2 N–H and O–H groups in total. The SMILES string of the molecule is CCNC(=O)[C@@H](NC(=O)OC(C)(C)C)[C@@H](C)OCc1ccccc1. The lowest BCUT2D eigenvalue weighted by Gasteiger charge is -2.26. The average molecular weight is 336 g/mol. The summed E-state index contributed by atoms with van der Waals surface area (Å²) in [5.41, 5.74) is 0.362. The molecule has 1 rings (SSSR count). The average Bonchev–Trinajstić information content (AvgIpc) is 2.50. The van der Waals surface area contributed by atoms with Gasteiger partial charge in [-0.15, -0.1) is 0 Å². The molecule has 0 aromatic heterocycles. The highest BCUT2D eigenvalue weighted by Gasteiger charge is 2.29. The molecule has 0 heterocycles. The first-order chi connectivity index (χ1) is 11.2. The van der Waals surface area contributed by atoms with Crippen molar-refractivity contribution in [2.75, 3.05) is 6.54 Å². The van der Waals surface area contributed by atoms with Crippen LogP contribution in [0.1, 0.15) is 40.2 Å². The summed E-state index contributed by atoms with van der Waals surface area (Å²) in [4.78, 5) is 24.2. The van der Waals surface area contributed by atoms with E-state index in [1.54, 1.807) is 27.7 Å². The molecule has 2 amide bonds. The summed E-state index contributed by atoms with van der Waals surface area (Å²) >= 11 is 0. The molecule has 0 fully saturated rings. The second-order valence-electron chi connectivity index (χ2n) is 6.52. The van der Waals surface area contributed by atoms with Crippen LogP contribution in [-0.4, -0.2) is 36.3 Å². The lowest BCUT2D eigenvalue weighted by Crippen LogP contribution is -2.54. The van der Waals surface area contributed by atoms with E-state index in [0.29, 0.717) is 13.2 Å². The highest BCUT2D eigenvalue weighted by atomic mass is 16.6. The minimum absolute atomic E-state index is 0.302. The van der Waals surface area contributed by atoms with E-state index in [4.69, 9.17) is 9.47 Å². The quantitative estimate of drug-likeness (QED) is 0.802. The number of amides is 2. The Morgan fingerprint density at radius 1 is 1.17 bits per heavy atom. The molecule has 0 unspecified atom stereocenters. The maximum absolute atomic E-state index is 12.2. The summed E-state index contributed by atoms with van der Waals surface area (Å²) in [5, 5.41) is 5.30. The molecule has 134 valence electrons. The number of hydrogen-bond donors (Lipinski definition) is 2. The minimum atomic E-state index is -0.830. The van der Waals surface area contributed by atoms with Gasteiger partial charge in [0.05, 0.1) is 12.7 Å². The van der Waals surface area contributed by atoms with Crippen LogP contribution in [0.5, 0.6) is 0 Å². The Bertz CT molecular complexity index is 526. The first kappa shape index (κ1) is 20.0. The summed E-state index contributed by atoms with van der Waals surface area (Å²) in [7, 11) is 0. The van der Waals surface area contributed by atoms with Gasteiger partial charge in [-0.25, -0.2) is 4.79 Å². The van der Waals surface area contributed by atoms with Gasteiger partial charge in [0.25, 0.3) is 0 Å². The molecular weight excluding hydrogens is 308 g/mol. The van der Waals surface area contributed by atoms with Crippen LogP contribution in [0.4, 0.5) is 4.79 Å². The maximum Gasteiger partial charge on any atom is 0.408 e. The number of alkyl carbamates (subject to hydrolysis) is 1. The van der Waals surface area contributed by atoms with Crippen LogP contribution in [0, 0.1) is 0 Å². The van der Waals surface area contributed by atoms with Crippen LogP contribution < -0.4 is 10.6 Å². The molecule has 0 saturated heterocycles. The third-order valence-electron chi connectivity index (χ3n) is 3.13. The fourth-order valence-electron chi connectivity index (χ4n) is 2.01. The van der Waals surface area contributed by atoms with Crippen LogP contribution in [0.2, 0.25) is 0 Å². The third kappa shape index (κ3) is 7.46. The Kier molecular flexibility index (Phi) is 7.71. The molecule has 2 atom stereocenters. The Hall–Kier alpha value is -2.08. The lowest BCUT2D eigenvalue weighted by atomic mass is 10.1. The number of likely N-dealkylation sites (N-methyl/N-ethyl adjacent to an activating group) is 1. The molecule has 6 nitrogen and oxygen atoms in total. The minimum Gasteiger partial charge on any atom is -0.444 e. The molecule has 0 aliphatic heterocycles. The van der Waals surface area contributed by atoms with Gasteiger partial charge in [0.15, 0.2) is 0 Å². The number of nitrogens with one attached hydrogen (secondary N) is 2. The van der Waals surface area contributed by atoms with Crippen molar-refractivity contribution < 1.29 is 19.1 Å². The second-order valence-corrected chi connectivity index (χ2v) is 6.52. The molecule has 0 aliphatic rings. The van der Waals surface area contributed by atoms with Gasteiger partial charge in [-0.05, 0) is 40.2 Å². The van der Waals surface area contributed by atoms with Gasteiger partial charge in [-0.1, -0.05) is 30.3 Å². The summed E-state index contributed by atoms with van der Waals surface area (Å²) in [6.07, 6.45) is -1.15. The smallest absolute Gasteiger partial charge is 0.408 e. The van der Waals surface area contributed by atoms with Crippen molar-refractivity contribution >= 4 is 12.0 Å². The van der Waals surface area contributed by atoms with Crippen LogP contribution in [-0.2, 0) is 20.9 Å². The molecule has 24 heavy (non-hydrogen) atoms. The zero-order chi connectivity index (χ0) is 18.2.